The molecule has 2 aromatic carbocycles. The number of ether oxygens (including phenoxy) is 1. The van der Waals surface area contributed by atoms with Crippen LogP contribution in [0.4, 0.5) is 10.5 Å². The predicted molar refractivity (Wildman–Crippen MR) is 137 cm³/mol. The Balaban J connectivity index is 1.29. The molecule has 0 aliphatic carbocycles. The van der Waals surface area contributed by atoms with Crippen LogP contribution in [0, 0.1) is 13.8 Å². The molecule has 1 aliphatic heterocycles. The van der Waals surface area contributed by atoms with Gasteiger partial charge in [-0.15, -0.1) is 0 Å². The molecule has 2 aromatic heterocycles. The lowest BCUT2D eigenvalue weighted by atomic mass is 10.2. The first kappa shape index (κ1) is 22.9. The van der Waals surface area contributed by atoms with Gasteiger partial charge in [-0.1, -0.05) is 18.2 Å². The number of rotatable bonds is 5. The summed E-state index contributed by atoms with van der Waals surface area (Å²) >= 11 is 0. The van der Waals surface area contributed by atoms with Crippen molar-refractivity contribution in [3.05, 3.63) is 77.7 Å². The number of pyridine rings is 1. The van der Waals surface area contributed by atoms with Gasteiger partial charge in [-0.3, -0.25) is 9.47 Å². The molecule has 0 spiro atoms. The molecule has 0 unspecified atom stereocenters. The molecule has 1 aliphatic rings. The number of fused-ring (bicyclic) bond motifs is 1. The lowest BCUT2D eigenvalue weighted by Crippen LogP contribution is -2.49. The van der Waals surface area contributed by atoms with Crippen LogP contribution in [0.25, 0.3) is 16.9 Å². The molecule has 0 saturated carbocycles. The number of urea groups is 1. The highest BCUT2D eigenvalue weighted by molar-refractivity contribution is 5.91. The Kier molecular flexibility index (Phi) is 6.37. The number of carbonyl (C=O) groups is 1. The Morgan fingerprint density at radius 3 is 2.57 bits per heavy atom. The molecule has 0 radical (unpaired) electrons. The summed E-state index contributed by atoms with van der Waals surface area (Å²) in [5, 5.41) is 3.01. The molecule has 0 bridgehead atoms. The van der Waals surface area contributed by atoms with Crippen LogP contribution in [0.2, 0.25) is 0 Å². The normalized spacial score (nSPS) is 14.3. The van der Waals surface area contributed by atoms with E-state index in [0.29, 0.717) is 31.1 Å². The third kappa shape index (κ3) is 4.83. The number of anilines is 1. The van der Waals surface area contributed by atoms with Gasteiger partial charge in [0.2, 0.25) is 0 Å². The molecule has 8 heteroatoms. The second-order valence-electron chi connectivity index (χ2n) is 8.95. The average Bonchev–Trinajstić information content (AvgIpc) is 3.22. The summed E-state index contributed by atoms with van der Waals surface area (Å²) in [5.74, 6) is 1.61. The number of hydrogen-bond acceptors (Lipinski definition) is 5. The number of imidazole rings is 1. The monoisotopic (exact) mass is 470 g/mol. The molecule has 3 heterocycles. The summed E-state index contributed by atoms with van der Waals surface area (Å²) in [7, 11) is 1.61. The van der Waals surface area contributed by atoms with Crippen molar-refractivity contribution in [1.82, 2.24) is 24.3 Å². The zero-order valence-corrected chi connectivity index (χ0v) is 20.4. The highest BCUT2D eigenvalue weighted by atomic mass is 16.5. The van der Waals surface area contributed by atoms with Gasteiger partial charge < -0.3 is 15.0 Å². The summed E-state index contributed by atoms with van der Waals surface area (Å²) in [6.45, 7) is 7.59. The van der Waals surface area contributed by atoms with Crippen molar-refractivity contribution in [2.45, 2.75) is 20.4 Å². The third-order valence-electron chi connectivity index (χ3n) is 6.37. The zero-order chi connectivity index (χ0) is 24.4. The maximum atomic E-state index is 12.9. The number of nitrogens with one attached hydrogen (secondary N) is 1. The number of carbonyl (C=O) groups excluding carboxylic acids is 1. The largest absolute Gasteiger partial charge is 0.495 e. The standard InChI is InChI=1S/C27H30N6O2/c1-19-6-4-7-21(16-19)33-25(29-22-8-5-11-28-26(22)33)18-31-12-14-32(15-13-31)27(34)30-23-17-20(2)9-10-24(23)35-3/h4-11,16-17H,12-15,18H2,1-3H3,(H,30,34). The number of hydrogen-bond donors (Lipinski definition) is 1. The number of nitrogens with zero attached hydrogens (tertiary/aromatic N) is 5. The van der Waals surface area contributed by atoms with Gasteiger partial charge in [0.1, 0.15) is 17.1 Å². The molecule has 5 rings (SSSR count). The molecule has 1 fully saturated rings. The fourth-order valence-electron chi connectivity index (χ4n) is 4.53. The van der Waals surface area contributed by atoms with Gasteiger partial charge in [0.15, 0.2) is 5.65 Å². The maximum Gasteiger partial charge on any atom is 0.322 e. The van der Waals surface area contributed by atoms with Crippen molar-refractivity contribution < 1.29 is 9.53 Å². The van der Waals surface area contributed by atoms with Gasteiger partial charge in [-0.2, -0.15) is 0 Å². The lowest BCUT2D eigenvalue weighted by molar-refractivity contribution is 0.140. The number of aryl methyl sites for hydroxylation is 2. The highest BCUT2D eigenvalue weighted by Gasteiger charge is 2.24. The molecule has 8 nitrogen and oxygen atoms in total. The van der Waals surface area contributed by atoms with Gasteiger partial charge in [0.05, 0.1) is 19.3 Å². The molecule has 0 atom stereocenters. The smallest absolute Gasteiger partial charge is 0.322 e. The van der Waals surface area contributed by atoms with Crippen LogP contribution < -0.4 is 10.1 Å². The van der Waals surface area contributed by atoms with Crippen LogP contribution >= 0.6 is 0 Å². The number of aromatic nitrogens is 3. The van der Waals surface area contributed by atoms with Crippen LogP contribution in [-0.2, 0) is 6.54 Å². The molecule has 2 amide bonds. The number of benzene rings is 2. The minimum absolute atomic E-state index is 0.107. The van der Waals surface area contributed by atoms with Crippen molar-refractivity contribution in [1.29, 1.82) is 0 Å². The second kappa shape index (κ2) is 9.76. The van der Waals surface area contributed by atoms with E-state index in [1.807, 2.05) is 42.2 Å². The highest BCUT2D eigenvalue weighted by Crippen LogP contribution is 2.26. The van der Waals surface area contributed by atoms with E-state index in [1.165, 1.54) is 5.56 Å². The van der Waals surface area contributed by atoms with Crippen LogP contribution in [0.3, 0.4) is 0 Å². The molecular formula is C27H30N6O2. The van der Waals surface area contributed by atoms with E-state index in [4.69, 9.17) is 9.72 Å². The number of methoxy groups -OCH3 is 1. The summed E-state index contributed by atoms with van der Waals surface area (Å²) in [6.07, 6.45) is 1.81. The molecule has 180 valence electrons. The SMILES string of the molecule is COc1ccc(C)cc1NC(=O)N1CCN(Cc2nc3cccnc3n2-c2cccc(C)c2)CC1. The second-order valence-corrected chi connectivity index (χ2v) is 8.95. The van der Waals surface area contributed by atoms with E-state index < -0.39 is 0 Å². The summed E-state index contributed by atoms with van der Waals surface area (Å²) < 4.78 is 7.54. The van der Waals surface area contributed by atoms with Crippen molar-refractivity contribution in [3.8, 4) is 11.4 Å². The van der Waals surface area contributed by atoms with Crippen LogP contribution in [0.5, 0.6) is 5.75 Å². The molecule has 1 saturated heterocycles. The van der Waals surface area contributed by atoms with Crippen molar-refractivity contribution in [2.24, 2.45) is 0 Å². The van der Waals surface area contributed by atoms with Crippen LogP contribution in [0.15, 0.2) is 60.8 Å². The Morgan fingerprint density at radius 1 is 1.00 bits per heavy atom. The Labute approximate surface area is 205 Å². The van der Waals surface area contributed by atoms with E-state index in [0.717, 1.165) is 41.3 Å². The van der Waals surface area contributed by atoms with Gasteiger partial charge >= 0.3 is 6.03 Å². The zero-order valence-electron chi connectivity index (χ0n) is 20.4. The summed E-state index contributed by atoms with van der Waals surface area (Å²) in [4.78, 5) is 26.6. The topological polar surface area (TPSA) is 75.5 Å². The van der Waals surface area contributed by atoms with Gasteiger partial charge in [0, 0.05) is 38.1 Å². The van der Waals surface area contributed by atoms with Crippen molar-refractivity contribution in [2.75, 3.05) is 38.6 Å². The lowest BCUT2D eigenvalue weighted by Gasteiger charge is -2.34. The van der Waals surface area contributed by atoms with E-state index in [-0.39, 0.29) is 6.03 Å². The van der Waals surface area contributed by atoms with E-state index in [1.54, 1.807) is 13.3 Å². The van der Waals surface area contributed by atoms with E-state index >= 15 is 0 Å². The maximum absolute atomic E-state index is 12.9. The van der Waals surface area contributed by atoms with Gasteiger partial charge in [0.25, 0.3) is 0 Å². The number of amides is 2. The number of piperazine rings is 1. The fraction of sp³-hybridized carbons (Fsp3) is 0.296. The van der Waals surface area contributed by atoms with E-state index in [9.17, 15) is 4.79 Å². The molecule has 35 heavy (non-hydrogen) atoms. The first-order chi connectivity index (χ1) is 17.0. The Hall–Kier alpha value is -3.91. The van der Waals surface area contributed by atoms with Crippen LogP contribution in [0.1, 0.15) is 17.0 Å². The molecule has 4 aromatic rings. The average molecular weight is 471 g/mol. The Bertz CT molecular complexity index is 1360. The summed E-state index contributed by atoms with van der Waals surface area (Å²) in [6, 6.07) is 18.0. The third-order valence-corrected chi connectivity index (χ3v) is 6.37. The molecule has 1 N–H and O–H groups in total. The van der Waals surface area contributed by atoms with Crippen molar-refractivity contribution >= 4 is 22.9 Å². The van der Waals surface area contributed by atoms with Crippen molar-refractivity contribution in [3.63, 3.8) is 0 Å². The van der Waals surface area contributed by atoms with Gasteiger partial charge in [-0.05, 0) is 61.4 Å². The summed E-state index contributed by atoms with van der Waals surface area (Å²) in [5.41, 5.74) is 5.76. The predicted octanol–water partition coefficient (Wildman–Crippen LogP) is 4.40. The minimum Gasteiger partial charge on any atom is -0.495 e. The van der Waals surface area contributed by atoms with Gasteiger partial charge in [-0.25, -0.2) is 14.8 Å². The molecular weight excluding hydrogens is 440 g/mol. The van der Waals surface area contributed by atoms with E-state index in [2.05, 4.69) is 51.0 Å². The fourth-order valence-corrected chi connectivity index (χ4v) is 4.53. The minimum atomic E-state index is -0.107. The first-order valence-corrected chi connectivity index (χ1v) is 11.8. The Morgan fingerprint density at radius 2 is 1.80 bits per heavy atom. The van der Waals surface area contributed by atoms with Crippen LogP contribution in [-0.4, -0.2) is 63.7 Å². The quantitative estimate of drug-likeness (QED) is 0.468. The first-order valence-electron chi connectivity index (χ1n) is 11.8.